The Labute approximate surface area is 116 Å². The first kappa shape index (κ1) is 14.7. The van der Waals surface area contributed by atoms with E-state index < -0.39 is 18.6 Å². The third-order valence-electron chi connectivity index (χ3n) is 3.52. The Bertz CT molecular complexity index is 427. The summed E-state index contributed by atoms with van der Waals surface area (Å²) in [6.45, 7) is 1.58. The van der Waals surface area contributed by atoms with Gasteiger partial charge in [-0.2, -0.15) is 13.2 Å². The average Bonchev–Trinajstić information content (AvgIpc) is 2.20. The lowest BCUT2D eigenvalue weighted by Gasteiger charge is -2.38. The largest absolute Gasteiger partial charge is 0.390 e. The van der Waals surface area contributed by atoms with Gasteiger partial charge in [0.1, 0.15) is 0 Å². The van der Waals surface area contributed by atoms with Crippen molar-refractivity contribution in [1.82, 2.24) is 5.32 Å². The molecule has 1 aromatic carbocycles. The summed E-state index contributed by atoms with van der Waals surface area (Å²) in [6, 6.07) is 7.34. The summed E-state index contributed by atoms with van der Waals surface area (Å²) in [7, 11) is 0. The molecule has 0 amide bonds. The third kappa shape index (κ3) is 4.39. The maximum absolute atomic E-state index is 12.2. The molecule has 0 aliphatic heterocycles. The van der Waals surface area contributed by atoms with E-state index in [2.05, 4.69) is 5.32 Å². The van der Waals surface area contributed by atoms with Crippen LogP contribution in [-0.4, -0.2) is 18.3 Å². The molecule has 1 nitrogen and oxygen atoms in total. The summed E-state index contributed by atoms with van der Waals surface area (Å²) in [6.07, 6.45) is -3.11. The Morgan fingerprint density at radius 1 is 1.37 bits per heavy atom. The van der Waals surface area contributed by atoms with Crippen molar-refractivity contribution >= 4 is 11.6 Å². The molecule has 0 aromatic heterocycles. The highest BCUT2D eigenvalue weighted by atomic mass is 35.5. The monoisotopic (exact) mass is 291 g/mol. The molecule has 5 heteroatoms. The topological polar surface area (TPSA) is 12.0 Å². The fourth-order valence-corrected chi connectivity index (χ4v) is 2.79. The van der Waals surface area contributed by atoms with Gasteiger partial charge in [-0.3, -0.25) is 0 Å². The average molecular weight is 292 g/mol. The lowest BCUT2D eigenvalue weighted by molar-refractivity contribution is -0.139. The number of alkyl halides is 3. The second kappa shape index (κ2) is 5.71. The Morgan fingerprint density at radius 3 is 2.63 bits per heavy atom. The standard InChI is InChI=1S/C14H17ClF3N/c1-9(8-14(16,17)18)19-13-6-11(7-13)10-3-2-4-12(15)5-10/h2-5,9,11,13,19H,6-8H2,1H3. The Balaban J connectivity index is 1.77. The smallest absolute Gasteiger partial charge is 0.311 e. The molecule has 0 saturated heterocycles. The van der Waals surface area contributed by atoms with Crippen LogP contribution in [0.3, 0.4) is 0 Å². The molecule has 2 rings (SSSR count). The van der Waals surface area contributed by atoms with Crippen molar-refractivity contribution in [2.24, 2.45) is 0 Å². The quantitative estimate of drug-likeness (QED) is 0.860. The number of hydrogen-bond donors (Lipinski definition) is 1. The van der Waals surface area contributed by atoms with E-state index >= 15 is 0 Å². The molecule has 1 fully saturated rings. The molecule has 1 saturated carbocycles. The van der Waals surface area contributed by atoms with Crippen molar-refractivity contribution in [2.75, 3.05) is 0 Å². The minimum atomic E-state index is -4.09. The highest BCUT2D eigenvalue weighted by Crippen LogP contribution is 2.38. The molecule has 0 radical (unpaired) electrons. The van der Waals surface area contributed by atoms with Gasteiger partial charge >= 0.3 is 6.18 Å². The summed E-state index contributed by atoms with van der Waals surface area (Å²) in [5.41, 5.74) is 1.18. The summed E-state index contributed by atoms with van der Waals surface area (Å²) in [5, 5.41) is 3.74. The zero-order valence-electron chi connectivity index (χ0n) is 10.7. The Morgan fingerprint density at radius 2 is 2.05 bits per heavy atom. The first-order valence-corrected chi connectivity index (χ1v) is 6.79. The SMILES string of the molecule is CC(CC(F)(F)F)NC1CC(c2cccc(Cl)c2)C1. The summed E-state index contributed by atoms with van der Waals surface area (Å²) < 4.78 is 36.6. The van der Waals surface area contributed by atoms with Crippen LogP contribution in [-0.2, 0) is 0 Å². The number of rotatable bonds is 4. The van der Waals surface area contributed by atoms with Gasteiger partial charge < -0.3 is 5.32 Å². The zero-order valence-corrected chi connectivity index (χ0v) is 11.4. The molecule has 1 aliphatic rings. The predicted octanol–water partition coefficient (Wildman–Crippen LogP) is 4.52. The van der Waals surface area contributed by atoms with Gasteiger partial charge in [0.25, 0.3) is 0 Å². The van der Waals surface area contributed by atoms with Gasteiger partial charge in [-0.25, -0.2) is 0 Å². The molecule has 19 heavy (non-hydrogen) atoms. The van der Waals surface area contributed by atoms with Gasteiger partial charge in [0, 0.05) is 17.1 Å². The minimum absolute atomic E-state index is 0.182. The molecular weight excluding hydrogens is 275 g/mol. The van der Waals surface area contributed by atoms with Crippen LogP contribution in [0.1, 0.15) is 37.7 Å². The van der Waals surface area contributed by atoms with Crippen LogP contribution in [0, 0.1) is 0 Å². The summed E-state index contributed by atoms with van der Waals surface area (Å²) in [5.74, 6) is 0.411. The van der Waals surface area contributed by atoms with Crippen molar-refractivity contribution in [3.05, 3.63) is 34.9 Å². The zero-order chi connectivity index (χ0) is 14.0. The van der Waals surface area contributed by atoms with Crippen LogP contribution >= 0.6 is 11.6 Å². The van der Waals surface area contributed by atoms with Gasteiger partial charge in [-0.05, 0) is 43.4 Å². The number of benzene rings is 1. The van der Waals surface area contributed by atoms with Crippen LogP contribution in [0.5, 0.6) is 0 Å². The molecule has 0 spiro atoms. The van der Waals surface area contributed by atoms with Crippen molar-refractivity contribution in [2.45, 2.75) is 50.4 Å². The maximum atomic E-state index is 12.2. The number of nitrogens with one attached hydrogen (secondary N) is 1. The Hall–Kier alpha value is -0.740. The van der Waals surface area contributed by atoms with E-state index in [0.29, 0.717) is 10.9 Å². The van der Waals surface area contributed by atoms with E-state index in [1.165, 1.54) is 5.56 Å². The van der Waals surface area contributed by atoms with Gasteiger partial charge in [-0.1, -0.05) is 23.7 Å². The Kier molecular flexibility index (Phi) is 4.41. The van der Waals surface area contributed by atoms with Crippen LogP contribution in [0.2, 0.25) is 5.02 Å². The van der Waals surface area contributed by atoms with E-state index in [9.17, 15) is 13.2 Å². The van der Waals surface area contributed by atoms with Crippen LogP contribution in [0.25, 0.3) is 0 Å². The van der Waals surface area contributed by atoms with E-state index in [4.69, 9.17) is 11.6 Å². The van der Waals surface area contributed by atoms with Gasteiger partial charge in [-0.15, -0.1) is 0 Å². The van der Waals surface area contributed by atoms with E-state index in [1.807, 2.05) is 24.3 Å². The van der Waals surface area contributed by atoms with Crippen molar-refractivity contribution in [1.29, 1.82) is 0 Å². The molecule has 0 heterocycles. The van der Waals surface area contributed by atoms with Crippen LogP contribution < -0.4 is 5.32 Å². The second-order valence-electron chi connectivity index (χ2n) is 5.31. The van der Waals surface area contributed by atoms with Crippen LogP contribution in [0.15, 0.2) is 24.3 Å². The molecular formula is C14H17ClF3N. The van der Waals surface area contributed by atoms with Crippen molar-refractivity contribution < 1.29 is 13.2 Å². The minimum Gasteiger partial charge on any atom is -0.311 e. The lowest BCUT2D eigenvalue weighted by atomic mass is 9.75. The highest BCUT2D eigenvalue weighted by molar-refractivity contribution is 6.30. The predicted molar refractivity (Wildman–Crippen MR) is 70.5 cm³/mol. The first-order chi connectivity index (χ1) is 8.83. The normalized spacial score (nSPS) is 24.9. The molecule has 1 aliphatic carbocycles. The lowest BCUT2D eigenvalue weighted by Crippen LogP contribution is -2.45. The fraction of sp³-hybridized carbons (Fsp3) is 0.571. The summed E-state index contributed by atoms with van der Waals surface area (Å²) >= 11 is 5.92. The number of halogens is 4. The molecule has 1 atom stereocenters. The van der Waals surface area contributed by atoms with Gasteiger partial charge in [0.05, 0.1) is 6.42 Å². The van der Waals surface area contributed by atoms with Gasteiger partial charge in [0.2, 0.25) is 0 Å². The molecule has 106 valence electrons. The molecule has 1 unspecified atom stereocenters. The first-order valence-electron chi connectivity index (χ1n) is 6.42. The maximum Gasteiger partial charge on any atom is 0.390 e. The molecule has 0 bridgehead atoms. The van der Waals surface area contributed by atoms with Gasteiger partial charge in [0.15, 0.2) is 0 Å². The highest BCUT2D eigenvalue weighted by Gasteiger charge is 2.34. The van der Waals surface area contributed by atoms with Crippen molar-refractivity contribution in [3.8, 4) is 0 Å². The molecule has 1 aromatic rings. The van der Waals surface area contributed by atoms with E-state index in [1.54, 1.807) is 6.92 Å². The van der Waals surface area contributed by atoms with E-state index in [0.717, 1.165) is 12.8 Å². The second-order valence-corrected chi connectivity index (χ2v) is 5.74. The van der Waals surface area contributed by atoms with Crippen LogP contribution in [0.4, 0.5) is 13.2 Å². The summed E-state index contributed by atoms with van der Waals surface area (Å²) in [4.78, 5) is 0. The number of hydrogen-bond acceptors (Lipinski definition) is 1. The van der Waals surface area contributed by atoms with E-state index in [-0.39, 0.29) is 6.04 Å². The fourth-order valence-electron chi connectivity index (χ4n) is 2.60. The van der Waals surface area contributed by atoms with Crippen molar-refractivity contribution in [3.63, 3.8) is 0 Å². The third-order valence-corrected chi connectivity index (χ3v) is 3.75. The molecule has 1 N–H and O–H groups in total.